The zero-order chi connectivity index (χ0) is 10.3. The average molecular weight is 412 g/mol. The van der Waals surface area contributed by atoms with Crippen molar-refractivity contribution in [1.29, 1.82) is 0 Å². The number of hydrogen-bond acceptors (Lipinski definition) is 1. The van der Waals surface area contributed by atoms with Gasteiger partial charge in [-0.2, -0.15) is 0 Å². The Hall–Kier alpha value is 1.69. The number of allylic oxidation sites excluding steroid dienone is 1. The van der Waals surface area contributed by atoms with Gasteiger partial charge in [0.05, 0.1) is 0 Å². The first-order valence-electron chi connectivity index (χ1n) is 5.03. The van der Waals surface area contributed by atoms with Crippen LogP contribution in [0.5, 0.6) is 0 Å². The number of hydrogen-bond donors (Lipinski definition) is 0. The Bertz CT molecular complexity index is 196. The predicted molar refractivity (Wildman–Crippen MR) is 70.8 cm³/mol. The molecule has 0 saturated heterocycles. The van der Waals surface area contributed by atoms with Crippen LogP contribution in [-0.4, -0.2) is 37.5 Å². The predicted octanol–water partition coefficient (Wildman–Crippen LogP) is 4.13. The fraction of sp³-hybridized carbons (Fsp3) is 0.800. The van der Waals surface area contributed by atoms with E-state index in [1.807, 2.05) is 0 Å². The number of thioether (sulfide) groups is 1. The summed E-state index contributed by atoms with van der Waals surface area (Å²) < 4.78 is 0.795. The first kappa shape index (κ1) is 12.8. The summed E-state index contributed by atoms with van der Waals surface area (Å²) in [6.45, 7) is 0. The van der Waals surface area contributed by atoms with Gasteiger partial charge in [0, 0.05) is 0 Å². The van der Waals surface area contributed by atoms with Gasteiger partial charge in [-0.05, 0) is 0 Å². The maximum atomic E-state index is 2.62. The Morgan fingerprint density at radius 1 is 1.00 bits per heavy atom. The molecule has 1 aliphatic rings. The van der Waals surface area contributed by atoms with Crippen molar-refractivity contribution in [1.82, 2.24) is 0 Å². The summed E-state index contributed by atoms with van der Waals surface area (Å²) in [5, 5.41) is 2.38. The molecule has 0 atom stereocenters. The Morgan fingerprint density at radius 2 is 1.46 bits per heavy atom. The van der Waals surface area contributed by atoms with Crippen LogP contribution in [0.15, 0.2) is 11.5 Å². The fourth-order valence-electron chi connectivity index (χ4n) is 2.52. The quantitative estimate of drug-likeness (QED) is 0.616. The van der Waals surface area contributed by atoms with Gasteiger partial charge in [0.1, 0.15) is 0 Å². The van der Waals surface area contributed by atoms with Crippen LogP contribution < -0.4 is 0 Å². The second kappa shape index (κ2) is 3.93. The van der Waals surface area contributed by atoms with E-state index in [0.717, 1.165) is 0.779 Å². The van der Waals surface area contributed by atoms with Crippen LogP contribution >= 0.6 is 11.8 Å². The van der Waals surface area contributed by atoms with Crippen molar-refractivity contribution in [2.24, 2.45) is 0 Å². The van der Waals surface area contributed by atoms with E-state index in [2.05, 4.69) is 52.9 Å². The molecule has 0 fully saturated rings. The van der Waals surface area contributed by atoms with Crippen molar-refractivity contribution < 1.29 is 0 Å². The van der Waals surface area contributed by atoms with Gasteiger partial charge in [-0.3, -0.25) is 0 Å². The molecule has 0 bridgehead atoms. The van der Waals surface area contributed by atoms with Crippen LogP contribution in [0.25, 0.3) is 0 Å². The first-order valence-corrected chi connectivity index (χ1v) is 25.9. The van der Waals surface area contributed by atoms with E-state index >= 15 is 0 Å². The van der Waals surface area contributed by atoms with Crippen molar-refractivity contribution in [2.45, 2.75) is 36.8 Å². The molecule has 0 unspecified atom stereocenters. The monoisotopic (exact) mass is 414 g/mol. The van der Waals surface area contributed by atoms with Gasteiger partial charge in [-0.15, -0.1) is 0 Å². The molecule has 0 saturated carbocycles. The minimum absolute atomic E-state index is 0.795. The molecule has 76 valence electrons. The average Bonchev–Trinajstić information content (AvgIpc) is 2.28. The van der Waals surface area contributed by atoms with Crippen LogP contribution in [0.1, 0.15) is 6.42 Å². The summed E-state index contributed by atoms with van der Waals surface area (Å²) in [6, 6.07) is 0. The second-order valence-corrected chi connectivity index (χ2v) is 43.9. The van der Waals surface area contributed by atoms with Gasteiger partial charge in [-0.1, -0.05) is 0 Å². The van der Waals surface area contributed by atoms with Gasteiger partial charge >= 0.3 is 96.8 Å². The third-order valence-corrected chi connectivity index (χ3v) is 58.0. The summed E-state index contributed by atoms with van der Waals surface area (Å²) in [4.78, 5) is 15.7. The molecule has 1 heterocycles. The summed E-state index contributed by atoms with van der Waals surface area (Å²) in [6.07, 6.45) is 3.83. The SMILES string of the molecule is [CH3][Sn]([CH3])([CH3])[C]1([Sn]([CH3])([CH3])[CH3])CC=CS1. The molecule has 3 heteroatoms. The van der Waals surface area contributed by atoms with E-state index in [-0.39, 0.29) is 0 Å². The molecule has 0 radical (unpaired) electrons. The third-order valence-electron chi connectivity index (χ3n) is 3.19. The van der Waals surface area contributed by atoms with E-state index in [4.69, 9.17) is 0 Å². The summed E-state index contributed by atoms with van der Waals surface area (Å²) in [5.41, 5.74) is 0. The van der Waals surface area contributed by atoms with Gasteiger partial charge in [-0.25, -0.2) is 0 Å². The van der Waals surface area contributed by atoms with Crippen molar-refractivity contribution in [3.8, 4) is 0 Å². The normalized spacial score (nSPS) is 22.3. The molecule has 0 aliphatic carbocycles. The number of rotatable bonds is 2. The van der Waals surface area contributed by atoms with E-state index < -0.39 is 36.8 Å². The Balaban J connectivity index is 3.04. The molecule has 1 aliphatic heterocycles. The van der Waals surface area contributed by atoms with Crippen molar-refractivity contribution >= 4 is 48.5 Å². The van der Waals surface area contributed by atoms with Crippen LogP contribution in [0.3, 0.4) is 0 Å². The zero-order valence-corrected chi connectivity index (χ0v) is 16.3. The molecule has 0 aromatic rings. The molecular formula is C10H22SSn2. The van der Waals surface area contributed by atoms with Gasteiger partial charge < -0.3 is 0 Å². The zero-order valence-electron chi connectivity index (χ0n) is 9.77. The summed E-state index contributed by atoms with van der Waals surface area (Å²) >= 11 is -1.33. The van der Waals surface area contributed by atoms with E-state index in [1.54, 1.807) is 0 Å². The van der Waals surface area contributed by atoms with Crippen LogP contribution in [-0.2, 0) is 0 Å². The van der Waals surface area contributed by atoms with Gasteiger partial charge in [0.2, 0.25) is 0 Å². The van der Waals surface area contributed by atoms with Crippen molar-refractivity contribution in [2.75, 3.05) is 0 Å². The Kier molecular flexibility index (Phi) is 3.85. The first-order chi connectivity index (χ1) is 5.71. The van der Waals surface area contributed by atoms with E-state index in [1.165, 1.54) is 6.42 Å². The molecule has 0 N–H and O–H groups in total. The van der Waals surface area contributed by atoms with Crippen LogP contribution in [0.4, 0.5) is 0 Å². The van der Waals surface area contributed by atoms with Gasteiger partial charge in [0.25, 0.3) is 0 Å². The van der Waals surface area contributed by atoms with Crippen molar-refractivity contribution in [3.63, 3.8) is 0 Å². The standard InChI is InChI=1S/C4H4S.6CH3.2Sn/c1-2-4-5-3-1;;;;;;;;/h1,3H,2H2;6*1H3;;. The topological polar surface area (TPSA) is 0 Å². The summed E-state index contributed by atoms with van der Waals surface area (Å²) in [5.74, 6) is 0. The summed E-state index contributed by atoms with van der Waals surface area (Å²) in [7, 11) is 0. The van der Waals surface area contributed by atoms with Crippen LogP contribution in [0, 0.1) is 0 Å². The maximum absolute atomic E-state index is 2.62. The minimum atomic E-state index is -1.77. The van der Waals surface area contributed by atoms with E-state index in [0.29, 0.717) is 0 Å². The third kappa shape index (κ3) is 2.27. The molecule has 0 aromatic heterocycles. The second-order valence-electron chi connectivity index (χ2n) is 6.02. The molecule has 0 nitrogen and oxygen atoms in total. The van der Waals surface area contributed by atoms with E-state index in [9.17, 15) is 0 Å². The van der Waals surface area contributed by atoms with Crippen LogP contribution in [0.2, 0.25) is 29.6 Å². The molecular weight excluding hydrogens is 390 g/mol. The Labute approximate surface area is 95.7 Å². The fourth-order valence-corrected chi connectivity index (χ4v) is 64.7. The van der Waals surface area contributed by atoms with Crippen molar-refractivity contribution in [3.05, 3.63) is 11.5 Å². The Morgan fingerprint density at radius 3 is 1.62 bits per heavy atom. The molecule has 13 heavy (non-hydrogen) atoms. The molecule has 0 aromatic carbocycles. The molecule has 0 amide bonds. The molecule has 1 rings (SSSR count). The molecule has 0 spiro atoms. The van der Waals surface area contributed by atoms with Gasteiger partial charge in [0.15, 0.2) is 0 Å².